The topological polar surface area (TPSA) is 55.3 Å². The Balaban J connectivity index is 2.06. The zero-order chi connectivity index (χ0) is 20.1. The molecule has 0 saturated carbocycles. The maximum absolute atomic E-state index is 11.7. The van der Waals surface area contributed by atoms with Crippen molar-refractivity contribution in [3.8, 4) is 11.4 Å². The van der Waals surface area contributed by atoms with Crippen LogP contribution in [0.3, 0.4) is 0 Å². The van der Waals surface area contributed by atoms with Crippen molar-refractivity contribution >= 4 is 17.5 Å². The first kappa shape index (κ1) is 19.3. The molecule has 0 saturated heterocycles. The monoisotopic (exact) mass is 373 g/mol. The first-order valence-corrected chi connectivity index (χ1v) is 9.01. The van der Waals surface area contributed by atoms with Gasteiger partial charge in [0, 0.05) is 29.6 Å². The summed E-state index contributed by atoms with van der Waals surface area (Å²) in [5, 5.41) is 0. The molecule has 142 valence electrons. The van der Waals surface area contributed by atoms with E-state index in [0.717, 1.165) is 28.3 Å². The van der Waals surface area contributed by atoms with Crippen molar-refractivity contribution in [3.63, 3.8) is 0 Å². The second kappa shape index (κ2) is 8.48. The number of benzene rings is 2. The van der Waals surface area contributed by atoms with Crippen LogP contribution in [-0.4, -0.2) is 30.1 Å². The number of rotatable bonds is 6. The predicted molar refractivity (Wildman–Crippen MR) is 112 cm³/mol. The zero-order valence-electron chi connectivity index (χ0n) is 16.3. The van der Waals surface area contributed by atoms with Gasteiger partial charge in [-0.15, -0.1) is 6.58 Å². The number of esters is 1. The van der Waals surface area contributed by atoms with Crippen molar-refractivity contribution in [2.75, 3.05) is 19.1 Å². The van der Waals surface area contributed by atoms with Gasteiger partial charge in [-0.2, -0.15) is 0 Å². The highest BCUT2D eigenvalue weighted by Crippen LogP contribution is 2.30. The number of methoxy groups -OCH3 is 1. The van der Waals surface area contributed by atoms with E-state index < -0.39 is 0 Å². The largest absolute Gasteiger partial charge is 0.465 e. The van der Waals surface area contributed by atoms with Gasteiger partial charge in [0.15, 0.2) is 5.82 Å². The number of anilines is 2. The van der Waals surface area contributed by atoms with Gasteiger partial charge in [0.25, 0.3) is 0 Å². The maximum atomic E-state index is 11.7. The Hall–Kier alpha value is -3.47. The van der Waals surface area contributed by atoms with Gasteiger partial charge in [-0.3, -0.25) is 0 Å². The van der Waals surface area contributed by atoms with Crippen molar-refractivity contribution in [2.24, 2.45) is 0 Å². The summed E-state index contributed by atoms with van der Waals surface area (Å²) in [6.07, 6.45) is 2.52. The van der Waals surface area contributed by atoms with E-state index in [4.69, 9.17) is 14.7 Å². The lowest BCUT2D eigenvalue weighted by Gasteiger charge is -2.23. The van der Waals surface area contributed by atoms with E-state index in [1.54, 1.807) is 12.1 Å². The standard InChI is InChI=1S/C23H23N3O2/c1-5-9-20-16(2)24-21(17-10-7-6-8-11-17)25-22(20)26(3)19-14-12-18(13-15-19)23(27)28-4/h5-8,10-15H,1,9H2,2-4H3. The third kappa shape index (κ3) is 3.93. The van der Waals surface area contributed by atoms with Gasteiger partial charge in [-0.1, -0.05) is 36.4 Å². The van der Waals surface area contributed by atoms with Crippen molar-refractivity contribution in [1.82, 2.24) is 9.97 Å². The molecule has 0 N–H and O–H groups in total. The molecule has 0 aliphatic rings. The summed E-state index contributed by atoms with van der Waals surface area (Å²) in [4.78, 5) is 23.2. The quantitative estimate of drug-likeness (QED) is 0.462. The summed E-state index contributed by atoms with van der Waals surface area (Å²) in [7, 11) is 3.33. The van der Waals surface area contributed by atoms with E-state index in [1.165, 1.54) is 7.11 Å². The van der Waals surface area contributed by atoms with Gasteiger partial charge in [-0.25, -0.2) is 14.8 Å². The summed E-state index contributed by atoms with van der Waals surface area (Å²) in [6, 6.07) is 17.2. The number of hydrogen-bond donors (Lipinski definition) is 0. The molecule has 0 spiro atoms. The summed E-state index contributed by atoms with van der Waals surface area (Å²) in [5.74, 6) is 1.14. The summed E-state index contributed by atoms with van der Waals surface area (Å²) in [5.41, 5.74) is 4.33. The molecule has 0 unspecified atom stereocenters. The lowest BCUT2D eigenvalue weighted by atomic mass is 10.1. The van der Waals surface area contributed by atoms with Crippen LogP contribution in [0.2, 0.25) is 0 Å². The summed E-state index contributed by atoms with van der Waals surface area (Å²) in [6.45, 7) is 5.86. The van der Waals surface area contributed by atoms with Crippen LogP contribution in [0, 0.1) is 6.92 Å². The molecule has 1 heterocycles. The average molecular weight is 373 g/mol. The fourth-order valence-corrected chi connectivity index (χ4v) is 3.02. The van der Waals surface area contributed by atoms with Gasteiger partial charge in [0.1, 0.15) is 5.82 Å². The molecule has 5 nitrogen and oxygen atoms in total. The van der Waals surface area contributed by atoms with Crippen LogP contribution < -0.4 is 4.90 Å². The van der Waals surface area contributed by atoms with Crippen LogP contribution in [0.4, 0.5) is 11.5 Å². The van der Waals surface area contributed by atoms with Crippen molar-refractivity contribution < 1.29 is 9.53 Å². The number of carbonyl (C=O) groups excluding carboxylic acids is 1. The highest BCUT2D eigenvalue weighted by Gasteiger charge is 2.17. The van der Waals surface area contributed by atoms with E-state index in [9.17, 15) is 4.79 Å². The molecule has 0 atom stereocenters. The highest BCUT2D eigenvalue weighted by atomic mass is 16.5. The number of carbonyl (C=O) groups is 1. The Bertz CT molecular complexity index is 983. The zero-order valence-corrected chi connectivity index (χ0v) is 16.3. The molecule has 0 fully saturated rings. The smallest absolute Gasteiger partial charge is 0.337 e. The van der Waals surface area contributed by atoms with Gasteiger partial charge in [0.05, 0.1) is 12.7 Å². The lowest BCUT2D eigenvalue weighted by Crippen LogP contribution is -2.16. The minimum atomic E-state index is -0.356. The van der Waals surface area contributed by atoms with E-state index in [0.29, 0.717) is 17.8 Å². The van der Waals surface area contributed by atoms with Crippen LogP contribution >= 0.6 is 0 Å². The van der Waals surface area contributed by atoms with Gasteiger partial charge >= 0.3 is 5.97 Å². The number of allylic oxidation sites excluding steroid dienone is 1. The second-order valence-corrected chi connectivity index (χ2v) is 6.39. The van der Waals surface area contributed by atoms with Crippen LogP contribution in [0.1, 0.15) is 21.6 Å². The van der Waals surface area contributed by atoms with Crippen LogP contribution in [0.15, 0.2) is 67.3 Å². The SMILES string of the molecule is C=CCc1c(C)nc(-c2ccccc2)nc1N(C)c1ccc(C(=O)OC)cc1. The summed E-state index contributed by atoms with van der Waals surface area (Å²) >= 11 is 0. The molecule has 0 aliphatic heterocycles. The molecule has 0 amide bonds. The van der Waals surface area contributed by atoms with Crippen molar-refractivity contribution in [1.29, 1.82) is 0 Å². The van der Waals surface area contributed by atoms with E-state index >= 15 is 0 Å². The molecule has 0 aliphatic carbocycles. The number of aryl methyl sites for hydroxylation is 1. The normalized spacial score (nSPS) is 10.4. The minimum Gasteiger partial charge on any atom is -0.465 e. The Morgan fingerprint density at radius 2 is 1.79 bits per heavy atom. The summed E-state index contributed by atoms with van der Waals surface area (Å²) < 4.78 is 4.77. The first-order valence-electron chi connectivity index (χ1n) is 9.01. The van der Waals surface area contributed by atoms with Gasteiger partial charge < -0.3 is 9.64 Å². The first-order chi connectivity index (χ1) is 13.5. The van der Waals surface area contributed by atoms with Crippen LogP contribution in [0.25, 0.3) is 11.4 Å². The fourth-order valence-electron chi connectivity index (χ4n) is 3.02. The Morgan fingerprint density at radius 1 is 1.11 bits per heavy atom. The fraction of sp³-hybridized carbons (Fsp3) is 0.174. The maximum Gasteiger partial charge on any atom is 0.337 e. The average Bonchev–Trinajstić information content (AvgIpc) is 2.74. The third-order valence-electron chi connectivity index (χ3n) is 4.57. The number of aromatic nitrogens is 2. The Morgan fingerprint density at radius 3 is 2.39 bits per heavy atom. The van der Waals surface area contributed by atoms with Crippen LogP contribution in [-0.2, 0) is 11.2 Å². The molecule has 3 rings (SSSR count). The molecule has 0 radical (unpaired) electrons. The van der Waals surface area contributed by atoms with E-state index in [-0.39, 0.29) is 5.97 Å². The van der Waals surface area contributed by atoms with Crippen molar-refractivity contribution in [2.45, 2.75) is 13.3 Å². The van der Waals surface area contributed by atoms with Gasteiger partial charge in [-0.05, 0) is 37.6 Å². The molecule has 1 aromatic heterocycles. The lowest BCUT2D eigenvalue weighted by molar-refractivity contribution is 0.0601. The Kier molecular flexibility index (Phi) is 5.84. The molecule has 3 aromatic rings. The molecule has 5 heteroatoms. The van der Waals surface area contributed by atoms with Crippen LogP contribution in [0.5, 0.6) is 0 Å². The van der Waals surface area contributed by atoms with E-state index in [1.807, 2.05) is 67.4 Å². The number of ether oxygens (including phenoxy) is 1. The molecule has 28 heavy (non-hydrogen) atoms. The minimum absolute atomic E-state index is 0.356. The third-order valence-corrected chi connectivity index (χ3v) is 4.57. The molecular weight excluding hydrogens is 350 g/mol. The van der Waals surface area contributed by atoms with Crippen molar-refractivity contribution in [3.05, 3.63) is 84.1 Å². The number of hydrogen-bond acceptors (Lipinski definition) is 5. The molecular formula is C23H23N3O2. The molecule has 0 bridgehead atoms. The number of nitrogens with zero attached hydrogens (tertiary/aromatic N) is 3. The highest BCUT2D eigenvalue weighted by molar-refractivity contribution is 5.89. The van der Waals surface area contributed by atoms with E-state index in [2.05, 4.69) is 6.58 Å². The second-order valence-electron chi connectivity index (χ2n) is 6.39. The molecule has 2 aromatic carbocycles. The Labute approximate surface area is 165 Å². The predicted octanol–water partition coefficient (Wildman–Crippen LogP) is 4.74. The van der Waals surface area contributed by atoms with Gasteiger partial charge in [0.2, 0.25) is 0 Å².